The van der Waals surface area contributed by atoms with Crippen LogP contribution in [0.25, 0.3) is 0 Å². The molecule has 1 aliphatic carbocycles. The monoisotopic (exact) mass is 216 g/mol. The zero-order valence-corrected chi connectivity index (χ0v) is 10.1. The van der Waals surface area contributed by atoms with E-state index in [2.05, 4.69) is 12.2 Å². The number of rotatable bonds is 8. The number of nitrogens with one attached hydrogen (secondary N) is 1. The first-order valence-electron chi connectivity index (χ1n) is 5.64. The van der Waals surface area contributed by atoms with Crippen LogP contribution in [-0.2, 0) is 9.47 Å². The van der Waals surface area contributed by atoms with Crippen LogP contribution in [0, 0.1) is 5.92 Å². The maximum atomic E-state index is 5.80. The van der Waals surface area contributed by atoms with E-state index in [0.717, 1.165) is 18.9 Å². The predicted molar refractivity (Wildman–Crippen MR) is 60.6 cm³/mol. The van der Waals surface area contributed by atoms with Crippen LogP contribution in [0.3, 0.4) is 0 Å². The average molecular weight is 216 g/mol. The molecule has 0 aliphatic heterocycles. The van der Waals surface area contributed by atoms with Crippen molar-refractivity contribution in [1.82, 2.24) is 5.32 Å². The van der Waals surface area contributed by atoms with Gasteiger partial charge in [-0.2, -0.15) is 0 Å². The van der Waals surface area contributed by atoms with Crippen molar-refractivity contribution in [2.75, 3.05) is 27.3 Å². The average Bonchev–Trinajstić information content (AvgIpc) is 3.07. The molecule has 15 heavy (non-hydrogen) atoms. The Kier molecular flexibility index (Phi) is 4.99. The zero-order valence-electron chi connectivity index (χ0n) is 10.1. The standard InChI is InChI=1S/C11H24N2O2/c1-11(8-12,6-10(14-2)15-3)13-7-9-4-5-9/h9-10,13H,4-8,12H2,1-3H3. The normalized spacial score (nSPS) is 20.6. The van der Waals surface area contributed by atoms with Crippen molar-refractivity contribution in [2.24, 2.45) is 11.7 Å². The molecule has 1 rings (SSSR count). The van der Waals surface area contributed by atoms with Gasteiger partial charge in [-0.05, 0) is 32.2 Å². The van der Waals surface area contributed by atoms with Gasteiger partial charge in [-0.15, -0.1) is 0 Å². The Morgan fingerprint density at radius 1 is 1.40 bits per heavy atom. The van der Waals surface area contributed by atoms with Gasteiger partial charge >= 0.3 is 0 Å². The molecular weight excluding hydrogens is 192 g/mol. The van der Waals surface area contributed by atoms with E-state index in [4.69, 9.17) is 15.2 Å². The Morgan fingerprint density at radius 3 is 2.40 bits per heavy atom. The third kappa shape index (κ3) is 4.47. The fourth-order valence-electron chi connectivity index (χ4n) is 1.57. The highest BCUT2D eigenvalue weighted by Gasteiger charge is 2.29. The summed E-state index contributed by atoms with van der Waals surface area (Å²) < 4.78 is 10.4. The molecule has 0 aromatic rings. The van der Waals surface area contributed by atoms with Gasteiger partial charge in [0.25, 0.3) is 0 Å². The molecule has 1 atom stereocenters. The van der Waals surface area contributed by atoms with Crippen molar-refractivity contribution in [3.63, 3.8) is 0 Å². The molecule has 1 unspecified atom stereocenters. The Balaban J connectivity index is 2.34. The van der Waals surface area contributed by atoms with E-state index in [1.54, 1.807) is 14.2 Å². The number of hydrogen-bond donors (Lipinski definition) is 2. The van der Waals surface area contributed by atoms with Crippen LogP contribution in [0.1, 0.15) is 26.2 Å². The number of ether oxygens (including phenoxy) is 2. The Labute approximate surface area is 92.5 Å². The minimum Gasteiger partial charge on any atom is -0.356 e. The first-order valence-corrected chi connectivity index (χ1v) is 5.64. The van der Waals surface area contributed by atoms with Gasteiger partial charge in [0.15, 0.2) is 6.29 Å². The summed E-state index contributed by atoms with van der Waals surface area (Å²) in [6, 6.07) is 0. The van der Waals surface area contributed by atoms with Gasteiger partial charge in [-0.25, -0.2) is 0 Å². The smallest absolute Gasteiger partial charge is 0.158 e. The van der Waals surface area contributed by atoms with Crippen molar-refractivity contribution >= 4 is 0 Å². The van der Waals surface area contributed by atoms with Crippen molar-refractivity contribution in [1.29, 1.82) is 0 Å². The molecule has 0 radical (unpaired) electrons. The highest BCUT2D eigenvalue weighted by molar-refractivity contribution is 4.88. The lowest BCUT2D eigenvalue weighted by Gasteiger charge is -2.32. The Bertz CT molecular complexity index is 181. The van der Waals surface area contributed by atoms with Gasteiger partial charge in [0.05, 0.1) is 0 Å². The third-order valence-corrected chi connectivity index (χ3v) is 3.11. The second-order valence-electron chi connectivity index (χ2n) is 4.69. The van der Waals surface area contributed by atoms with E-state index < -0.39 is 0 Å². The molecule has 1 fully saturated rings. The summed E-state index contributed by atoms with van der Waals surface area (Å²) in [5, 5.41) is 3.52. The van der Waals surface area contributed by atoms with Crippen molar-refractivity contribution in [2.45, 2.75) is 38.0 Å². The van der Waals surface area contributed by atoms with Crippen molar-refractivity contribution < 1.29 is 9.47 Å². The largest absolute Gasteiger partial charge is 0.356 e. The van der Waals surface area contributed by atoms with Gasteiger partial charge in [0.2, 0.25) is 0 Å². The molecule has 3 N–H and O–H groups in total. The van der Waals surface area contributed by atoms with E-state index in [-0.39, 0.29) is 11.8 Å². The van der Waals surface area contributed by atoms with E-state index >= 15 is 0 Å². The summed E-state index contributed by atoms with van der Waals surface area (Å²) in [4.78, 5) is 0. The molecule has 1 aliphatic rings. The zero-order chi connectivity index (χ0) is 11.3. The summed E-state index contributed by atoms with van der Waals surface area (Å²) in [5.41, 5.74) is 5.71. The Hall–Kier alpha value is -0.160. The van der Waals surface area contributed by atoms with Gasteiger partial charge in [0, 0.05) is 32.7 Å². The molecular formula is C11H24N2O2. The lowest BCUT2D eigenvalue weighted by molar-refractivity contribution is -0.117. The fraction of sp³-hybridized carbons (Fsp3) is 1.00. The number of nitrogens with two attached hydrogens (primary N) is 1. The molecule has 0 aromatic heterocycles. The second kappa shape index (κ2) is 5.80. The van der Waals surface area contributed by atoms with Crippen LogP contribution in [0.2, 0.25) is 0 Å². The van der Waals surface area contributed by atoms with Crippen molar-refractivity contribution in [3.05, 3.63) is 0 Å². The Morgan fingerprint density at radius 2 is 2.00 bits per heavy atom. The topological polar surface area (TPSA) is 56.5 Å². The van der Waals surface area contributed by atoms with Crippen LogP contribution in [-0.4, -0.2) is 39.1 Å². The molecule has 0 spiro atoms. The van der Waals surface area contributed by atoms with Crippen LogP contribution in [0.4, 0.5) is 0 Å². The van der Waals surface area contributed by atoms with Crippen LogP contribution < -0.4 is 11.1 Å². The maximum Gasteiger partial charge on any atom is 0.158 e. The molecule has 0 bridgehead atoms. The first kappa shape index (κ1) is 12.9. The minimum atomic E-state index is -0.176. The van der Waals surface area contributed by atoms with Crippen LogP contribution in [0.5, 0.6) is 0 Å². The highest BCUT2D eigenvalue weighted by atomic mass is 16.7. The van der Waals surface area contributed by atoms with Crippen LogP contribution in [0.15, 0.2) is 0 Å². The molecule has 4 heteroatoms. The summed E-state index contributed by atoms with van der Waals surface area (Å²) in [6.07, 6.45) is 3.31. The molecule has 0 aromatic carbocycles. The van der Waals surface area contributed by atoms with Crippen molar-refractivity contribution in [3.8, 4) is 0 Å². The van der Waals surface area contributed by atoms with Gasteiger partial charge < -0.3 is 20.5 Å². The van der Waals surface area contributed by atoms with Gasteiger partial charge in [0.1, 0.15) is 0 Å². The molecule has 1 saturated carbocycles. The van der Waals surface area contributed by atoms with Gasteiger partial charge in [-0.3, -0.25) is 0 Å². The van der Waals surface area contributed by atoms with Crippen LogP contribution >= 0.6 is 0 Å². The van der Waals surface area contributed by atoms with Gasteiger partial charge in [-0.1, -0.05) is 0 Å². The highest BCUT2D eigenvalue weighted by Crippen LogP contribution is 2.28. The lowest BCUT2D eigenvalue weighted by atomic mass is 9.97. The first-order chi connectivity index (χ1) is 7.13. The SMILES string of the molecule is COC(CC(C)(CN)NCC1CC1)OC. The van der Waals surface area contributed by atoms with E-state index in [1.165, 1.54) is 12.8 Å². The summed E-state index contributed by atoms with van der Waals surface area (Å²) in [6.45, 7) is 3.79. The molecule has 0 heterocycles. The predicted octanol–water partition coefficient (Wildman–Crippen LogP) is 0.712. The summed E-state index contributed by atoms with van der Waals surface area (Å²) in [5.74, 6) is 0.861. The molecule has 0 amide bonds. The molecule has 4 nitrogen and oxygen atoms in total. The van der Waals surface area contributed by atoms with E-state index in [0.29, 0.717) is 6.54 Å². The van der Waals surface area contributed by atoms with E-state index in [1.807, 2.05) is 0 Å². The summed E-state index contributed by atoms with van der Waals surface area (Å²) in [7, 11) is 3.32. The van der Waals surface area contributed by atoms with E-state index in [9.17, 15) is 0 Å². The maximum absolute atomic E-state index is 5.80. The molecule has 0 saturated heterocycles. The molecule has 90 valence electrons. The third-order valence-electron chi connectivity index (χ3n) is 3.11. The fourth-order valence-corrected chi connectivity index (χ4v) is 1.57. The second-order valence-corrected chi connectivity index (χ2v) is 4.69. The summed E-state index contributed by atoms with van der Waals surface area (Å²) >= 11 is 0. The minimum absolute atomic E-state index is 0.0841. The quantitative estimate of drug-likeness (QED) is 0.587. The lowest BCUT2D eigenvalue weighted by Crippen LogP contribution is -2.51. The number of hydrogen-bond acceptors (Lipinski definition) is 4. The number of methoxy groups -OCH3 is 2.